The van der Waals surface area contributed by atoms with E-state index in [2.05, 4.69) is 45.9 Å². The number of rotatable bonds is 12. The number of unbranched alkanes of at least 4 members (excludes halogenated alkanes) is 3. The Morgan fingerprint density at radius 2 is 1.56 bits per heavy atom. The van der Waals surface area contributed by atoms with E-state index in [0.717, 1.165) is 24.0 Å². The molecule has 142 valence electrons. The van der Waals surface area contributed by atoms with Crippen molar-refractivity contribution >= 4 is 0 Å². The Labute approximate surface area is 156 Å². The zero-order valence-corrected chi connectivity index (χ0v) is 17.2. The van der Waals surface area contributed by atoms with Gasteiger partial charge in [-0.1, -0.05) is 71.6 Å². The van der Waals surface area contributed by atoms with Crippen molar-refractivity contribution in [3.63, 3.8) is 0 Å². The Morgan fingerprint density at radius 1 is 0.960 bits per heavy atom. The summed E-state index contributed by atoms with van der Waals surface area (Å²) in [5, 5.41) is 10.6. The van der Waals surface area contributed by atoms with Gasteiger partial charge in [0.05, 0.1) is 0 Å². The highest BCUT2D eigenvalue weighted by Gasteiger charge is 2.35. The SMILES string of the molecule is CCC(C)(C)CCCCCc1cccc(CCCCC2(C)CC2)c1O. The molecular weight excluding hydrogens is 304 g/mol. The van der Waals surface area contributed by atoms with E-state index in [4.69, 9.17) is 0 Å². The Hall–Kier alpha value is -0.980. The molecule has 0 unspecified atom stereocenters. The summed E-state index contributed by atoms with van der Waals surface area (Å²) >= 11 is 0. The van der Waals surface area contributed by atoms with Crippen LogP contribution in [-0.4, -0.2) is 5.11 Å². The molecule has 2 rings (SSSR count). The molecule has 1 aromatic carbocycles. The van der Waals surface area contributed by atoms with Crippen molar-refractivity contribution < 1.29 is 5.11 Å². The number of hydrogen-bond acceptors (Lipinski definition) is 1. The molecule has 0 amide bonds. The smallest absolute Gasteiger partial charge is 0.121 e. The predicted molar refractivity (Wildman–Crippen MR) is 109 cm³/mol. The monoisotopic (exact) mass is 344 g/mol. The van der Waals surface area contributed by atoms with Crippen molar-refractivity contribution in [3.05, 3.63) is 29.3 Å². The molecule has 25 heavy (non-hydrogen) atoms. The maximum Gasteiger partial charge on any atom is 0.121 e. The standard InChI is InChI=1S/C24H40O/c1-5-23(2,3)16-9-6-7-12-20-14-11-15-21(22(20)25)13-8-10-17-24(4)18-19-24/h11,14-15,25H,5-10,12-13,16-19H2,1-4H3. The van der Waals surface area contributed by atoms with Gasteiger partial charge in [0, 0.05) is 0 Å². The molecule has 1 saturated carbocycles. The third-order valence-electron chi connectivity index (χ3n) is 6.54. The molecule has 1 fully saturated rings. The van der Waals surface area contributed by atoms with Gasteiger partial charge < -0.3 is 5.11 Å². The van der Waals surface area contributed by atoms with Gasteiger partial charge in [0.2, 0.25) is 0 Å². The predicted octanol–water partition coefficient (Wildman–Crippen LogP) is 7.44. The van der Waals surface area contributed by atoms with E-state index in [0.29, 0.717) is 16.6 Å². The molecule has 0 heterocycles. The van der Waals surface area contributed by atoms with Gasteiger partial charge in [0.25, 0.3) is 0 Å². The first kappa shape index (κ1) is 20.3. The lowest BCUT2D eigenvalue weighted by atomic mass is 9.84. The zero-order valence-electron chi connectivity index (χ0n) is 17.2. The first-order valence-electron chi connectivity index (χ1n) is 10.6. The number of phenols is 1. The Kier molecular flexibility index (Phi) is 7.40. The molecule has 0 aliphatic heterocycles. The highest BCUT2D eigenvalue weighted by atomic mass is 16.3. The first-order valence-corrected chi connectivity index (χ1v) is 10.6. The van der Waals surface area contributed by atoms with E-state index in [1.807, 2.05) is 0 Å². The van der Waals surface area contributed by atoms with Crippen molar-refractivity contribution in [1.29, 1.82) is 0 Å². The fraction of sp³-hybridized carbons (Fsp3) is 0.750. The van der Waals surface area contributed by atoms with Crippen LogP contribution < -0.4 is 0 Å². The Balaban J connectivity index is 1.70. The molecule has 0 atom stereocenters. The van der Waals surface area contributed by atoms with Crippen LogP contribution in [0.25, 0.3) is 0 Å². The summed E-state index contributed by atoms with van der Waals surface area (Å²) in [6.07, 6.45) is 15.1. The lowest BCUT2D eigenvalue weighted by Gasteiger charge is -2.22. The minimum atomic E-state index is 0.486. The fourth-order valence-electron chi connectivity index (χ4n) is 3.65. The minimum absolute atomic E-state index is 0.486. The van der Waals surface area contributed by atoms with Crippen LogP contribution in [0.4, 0.5) is 0 Å². The van der Waals surface area contributed by atoms with Crippen molar-refractivity contribution in [2.24, 2.45) is 10.8 Å². The molecule has 1 aliphatic rings. The lowest BCUT2D eigenvalue weighted by Crippen LogP contribution is -2.08. The van der Waals surface area contributed by atoms with Crippen LogP contribution in [-0.2, 0) is 12.8 Å². The molecule has 1 aliphatic carbocycles. The van der Waals surface area contributed by atoms with Gasteiger partial charge in [0.15, 0.2) is 0 Å². The first-order chi connectivity index (χ1) is 11.9. The number of benzene rings is 1. The van der Waals surface area contributed by atoms with Crippen LogP contribution in [0, 0.1) is 10.8 Å². The molecular formula is C24H40O. The molecule has 0 radical (unpaired) electrons. The molecule has 1 heteroatoms. The van der Waals surface area contributed by atoms with Gasteiger partial charge in [-0.15, -0.1) is 0 Å². The van der Waals surface area contributed by atoms with Crippen molar-refractivity contribution in [3.8, 4) is 5.75 Å². The van der Waals surface area contributed by atoms with Crippen molar-refractivity contribution in [2.45, 2.75) is 105 Å². The van der Waals surface area contributed by atoms with Crippen LogP contribution in [0.2, 0.25) is 0 Å². The summed E-state index contributed by atoms with van der Waals surface area (Å²) in [4.78, 5) is 0. The summed E-state index contributed by atoms with van der Waals surface area (Å²) < 4.78 is 0. The van der Waals surface area contributed by atoms with Crippen molar-refractivity contribution in [2.75, 3.05) is 0 Å². The van der Waals surface area contributed by atoms with Gasteiger partial charge in [-0.05, 0) is 73.3 Å². The van der Waals surface area contributed by atoms with E-state index in [1.54, 1.807) is 0 Å². The summed E-state index contributed by atoms with van der Waals surface area (Å²) in [5.41, 5.74) is 3.46. The van der Waals surface area contributed by atoms with Crippen LogP contribution in [0.15, 0.2) is 18.2 Å². The van der Waals surface area contributed by atoms with Crippen LogP contribution in [0.3, 0.4) is 0 Å². The molecule has 0 aromatic heterocycles. The maximum absolute atomic E-state index is 10.6. The van der Waals surface area contributed by atoms with Crippen LogP contribution in [0.1, 0.15) is 103 Å². The molecule has 1 aromatic rings. The second kappa shape index (κ2) is 9.10. The zero-order chi connectivity index (χ0) is 18.3. The number of hydrogen-bond donors (Lipinski definition) is 1. The topological polar surface area (TPSA) is 20.2 Å². The summed E-state index contributed by atoms with van der Waals surface area (Å²) in [6.45, 7) is 9.43. The summed E-state index contributed by atoms with van der Waals surface area (Å²) in [7, 11) is 0. The lowest BCUT2D eigenvalue weighted by molar-refractivity contribution is 0.308. The Morgan fingerprint density at radius 3 is 2.12 bits per heavy atom. The number of aromatic hydroxyl groups is 1. The van der Waals surface area contributed by atoms with E-state index in [9.17, 15) is 5.11 Å². The van der Waals surface area contributed by atoms with E-state index < -0.39 is 0 Å². The Bertz CT molecular complexity index is 525. The highest BCUT2D eigenvalue weighted by Crippen LogP contribution is 2.49. The van der Waals surface area contributed by atoms with E-state index in [-0.39, 0.29) is 0 Å². The highest BCUT2D eigenvalue weighted by molar-refractivity contribution is 5.40. The van der Waals surface area contributed by atoms with Gasteiger partial charge >= 0.3 is 0 Å². The van der Waals surface area contributed by atoms with Gasteiger partial charge in [-0.3, -0.25) is 0 Å². The van der Waals surface area contributed by atoms with Crippen LogP contribution in [0.5, 0.6) is 5.75 Å². The molecule has 0 saturated heterocycles. The van der Waals surface area contributed by atoms with Gasteiger partial charge in [-0.25, -0.2) is 0 Å². The molecule has 1 N–H and O–H groups in total. The number of phenolic OH excluding ortho intramolecular Hbond substituents is 1. The van der Waals surface area contributed by atoms with E-state index >= 15 is 0 Å². The van der Waals surface area contributed by atoms with Crippen molar-refractivity contribution in [1.82, 2.24) is 0 Å². The summed E-state index contributed by atoms with van der Waals surface area (Å²) in [6, 6.07) is 6.36. The summed E-state index contributed by atoms with van der Waals surface area (Å²) in [5.74, 6) is 0.578. The minimum Gasteiger partial charge on any atom is -0.507 e. The van der Waals surface area contributed by atoms with Crippen LogP contribution >= 0.6 is 0 Å². The maximum atomic E-state index is 10.6. The number of aryl methyl sites for hydroxylation is 2. The average Bonchev–Trinajstić information content (AvgIpc) is 3.31. The largest absolute Gasteiger partial charge is 0.507 e. The average molecular weight is 345 g/mol. The van der Waals surface area contributed by atoms with Gasteiger partial charge in [-0.2, -0.15) is 0 Å². The molecule has 1 nitrogen and oxygen atoms in total. The fourth-order valence-corrected chi connectivity index (χ4v) is 3.65. The second-order valence-electron chi connectivity index (χ2n) is 9.52. The quantitative estimate of drug-likeness (QED) is 0.390. The van der Waals surface area contributed by atoms with E-state index in [1.165, 1.54) is 64.2 Å². The third kappa shape index (κ3) is 7.04. The van der Waals surface area contributed by atoms with Gasteiger partial charge in [0.1, 0.15) is 5.75 Å². The molecule has 0 bridgehead atoms. The normalized spacial score (nSPS) is 16.2. The number of para-hydroxylation sites is 1. The molecule has 0 spiro atoms. The second-order valence-corrected chi connectivity index (χ2v) is 9.52. The third-order valence-corrected chi connectivity index (χ3v) is 6.54.